The number of hydrogen-bond donors (Lipinski definition) is 2. The number of anilines is 1. The van der Waals surface area contributed by atoms with E-state index in [1.165, 1.54) is 0 Å². The third kappa shape index (κ3) is 3.02. The van der Waals surface area contributed by atoms with E-state index in [1.54, 1.807) is 18.2 Å². The molecule has 0 aliphatic heterocycles. The van der Waals surface area contributed by atoms with Gasteiger partial charge in [-0.15, -0.1) is 0 Å². The Morgan fingerprint density at radius 1 is 1.26 bits per heavy atom. The number of nitrogens with one attached hydrogen (secondary N) is 1. The van der Waals surface area contributed by atoms with Crippen molar-refractivity contribution in [1.82, 2.24) is 4.98 Å². The molecule has 0 atom stereocenters. The third-order valence-electron chi connectivity index (χ3n) is 3.39. The molecule has 0 bridgehead atoms. The molecule has 6 heteroatoms. The van der Waals surface area contributed by atoms with Crippen LogP contribution in [0.5, 0.6) is 5.75 Å². The maximum atomic E-state index is 11.9. The molecule has 0 spiro atoms. The van der Waals surface area contributed by atoms with Gasteiger partial charge in [-0.2, -0.15) is 10.5 Å². The summed E-state index contributed by atoms with van der Waals surface area (Å²) in [5, 5.41) is 18.6. The summed E-state index contributed by atoms with van der Waals surface area (Å²) >= 11 is 0. The van der Waals surface area contributed by atoms with Gasteiger partial charge >= 0.3 is 0 Å². The second kappa shape index (κ2) is 6.67. The fourth-order valence-electron chi connectivity index (χ4n) is 2.31. The van der Waals surface area contributed by atoms with Gasteiger partial charge < -0.3 is 15.5 Å². The van der Waals surface area contributed by atoms with Crippen LogP contribution in [0.3, 0.4) is 0 Å². The monoisotopic (exact) mass is 308 g/mol. The number of aromatic amines is 1. The topological polar surface area (TPSA) is 116 Å². The van der Waals surface area contributed by atoms with E-state index >= 15 is 0 Å². The minimum Gasteiger partial charge on any atom is -0.493 e. The van der Waals surface area contributed by atoms with Crippen LogP contribution in [-0.2, 0) is 0 Å². The molecule has 1 aromatic heterocycles. The fourth-order valence-corrected chi connectivity index (χ4v) is 2.31. The molecule has 6 nitrogen and oxygen atoms in total. The molecule has 0 fully saturated rings. The van der Waals surface area contributed by atoms with Crippen LogP contribution in [0.25, 0.3) is 11.1 Å². The van der Waals surface area contributed by atoms with Crippen molar-refractivity contribution in [2.45, 2.75) is 20.3 Å². The van der Waals surface area contributed by atoms with Gasteiger partial charge in [0.15, 0.2) is 0 Å². The summed E-state index contributed by atoms with van der Waals surface area (Å²) in [4.78, 5) is 14.3. The van der Waals surface area contributed by atoms with Gasteiger partial charge in [-0.05, 0) is 36.6 Å². The molecular weight excluding hydrogens is 292 g/mol. The van der Waals surface area contributed by atoms with Crippen LogP contribution in [-0.4, -0.2) is 11.6 Å². The average Bonchev–Trinajstić information content (AvgIpc) is 2.53. The van der Waals surface area contributed by atoms with Crippen molar-refractivity contribution in [3.63, 3.8) is 0 Å². The Labute approximate surface area is 133 Å². The molecule has 0 radical (unpaired) electrons. The first-order chi connectivity index (χ1) is 11.0. The Hall–Kier alpha value is -3.25. The number of hydrogen-bond acceptors (Lipinski definition) is 5. The smallest absolute Gasteiger partial charge is 0.268 e. The zero-order valence-electron chi connectivity index (χ0n) is 12.9. The molecule has 1 aromatic carbocycles. The Balaban J connectivity index is 2.68. The maximum Gasteiger partial charge on any atom is 0.268 e. The third-order valence-corrected chi connectivity index (χ3v) is 3.39. The summed E-state index contributed by atoms with van der Waals surface area (Å²) in [7, 11) is 0. The summed E-state index contributed by atoms with van der Waals surface area (Å²) in [6.45, 7) is 4.48. The molecule has 0 aliphatic carbocycles. The number of benzene rings is 1. The standard InChI is InChI=1S/C17H16N4O2/c1-3-6-23-14-5-4-11(7-10(14)2)15-12(8-18)16(20)21-17(22)13(15)9-19/h4-5,7H,3,6H2,1-2H3,(H3,20,21,22). The largest absolute Gasteiger partial charge is 0.493 e. The lowest BCUT2D eigenvalue weighted by atomic mass is 9.95. The lowest BCUT2D eigenvalue weighted by Crippen LogP contribution is -2.16. The van der Waals surface area contributed by atoms with E-state index in [0.717, 1.165) is 17.7 Å². The van der Waals surface area contributed by atoms with Gasteiger partial charge in [0.1, 0.15) is 34.8 Å². The molecule has 1 heterocycles. The SMILES string of the molecule is CCCOc1ccc(-c2c(C#N)c(N)[nH]c(=O)c2C#N)cc1C. The maximum absolute atomic E-state index is 11.9. The molecular formula is C17H16N4O2. The average molecular weight is 308 g/mol. The summed E-state index contributed by atoms with van der Waals surface area (Å²) in [6, 6.07) is 9.06. The van der Waals surface area contributed by atoms with Crippen LogP contribution in [0.1, 0.15) is 30.0 Å². The number of pyridine rings is 1. The highest BCUT2D eigenvalue weighted by molar-refractivity contribution is 5.80. The van der Waals surface area contributed by atoms with E-state index in [4.69, 9.17) is 10.5 Å². The van der Waals surface area contributed by atoms with Crippen molar-refractivity contribution in [1.29, 1.82) is 10.5 Å². The van der Waals surface area contributed by atoms with Crippen LogP contribution >= 0.6 is 0 Å². The van der Waals surface area contributed by atoms with E-state index in [1.807, 2.05) is 26.0 Å². The highest BCUT2D eigenvalue weighted by Crippen LogP contribution is 2.31. The Kier molecular flexibility index (Phi) is 4.68. The number of aromatic nitrogens is 1. The quantitative estimate of drug-likeness (QED) is 0.900. The number of aryl methyl sites for hydroxylation is 1. The first-order valence-corrected chi connectivity index (χ1v) is 7.13. The molecule has 2 rings (SSSR count). The van der Waals surface area contributed by atoms with Gasteiger partial charge in [0.05, 0.1) is 6.61 Å². The predicted molar refractivity (Wildman–Crippen MR) is 86.9 cm³/mol. The second-order valence-corrected chi connectivity index (χ2v) is 5.05. The van der Waals surface area contributed by atoms with Crippen molar-refractivity contribution >= 4 is 5.82 Å². The van der Waals surface area contributed by atoms with Crippen molar-refractivity contribution < 1.29 is 4.74 Å². The Morgan fingerprint density at radius 2 is 1.96 bits per heavy atom. The number of nitrogens with zero attached hydrogens (tertiary/aromatic N) is 2. The van der Waals surface area contributed by atoms with Gasteiger partial charge in [0, 0.05) is 5.56 Å². The fraction of sp³-hybridized carbons (Fsp3) is 0.235. The zero-order chi connectivity index (χ0) is 17.0. The molecule has 3 N–H and O–H groups in total. The molecule has 116 valence electrons. The van der Waals surface area contributed by atoms with Crippen LogP contribution in [0.4, 0.5) is 5.82 Å². The minimum atomic E-state index is -0.608. The van der Waals surface area contributed by atoms with Crippen LogP contribution in [0.15, 0.2) is 23.0 Å². The van der Waals surface area contributed by atoms with Crippen molar-refractivity contribution in [3.05, 3.63) is 45.2 Å². The lowest BCUT2D eigenvalue weighted by Gasteiger charge is -2.12. The predicted octanol–water partition coefficient (Wildman–Crippen LogP) is 2.46. The number of nitrogen functional groups attached to an aromatic ring is 1. The lowest BCUT2D eigenvalue weighted by molar-refractivity contribution is 0.315. The van der Waals surface area contributed by atoms with Crippen molar-refractivity contribution in [2.75, 3.05) is 12.3 Å². The van der Waals surface area contributed by atoms with Crippen LogP contribution < -0.4 is 16.0 Å². The van der Waals surface area contributed by atoms with Gasteiger partial charge in [0.25, 0.3) is 5.56 Å². The molecule has 0 aliphatic rings. The van der Waals surface area contributed by atoms with Crippen LogP contribution in [0.2, 0.25) is 0 Å². The number of nitrogens with two attached hydrogens (primary N) is 1. The minimum absolute atomic E-state index is 0.0459. The summed E-state index contributed by atoms with van der Waals surface area (Å²) in [5.74, 6) is 0.681. The Bertz CT molecular complexity index is 885. The zero-order valence-corrected chi connectivity index (χ0v) is 12.9. The first kappa shape index (κ1) is 16.1. The van der Waals surface area contributed by atoms with Crippen molar-refractivity contribution in [3.8, 4) is 29.0 Å². The molecule has 23 heavy (non-hydrogen) atoms. The van der Waals surface area contributed by atoms with E-state index < -0.39 is 5.56 Å². The number of ether oxygens (including phenoxy) is 1. The highest BCUT2D eigenvalue weighted by Gasteiger charge is 2.18. The van der Waals surface area contributed by atoms with Gasteiger partial charge in [-0.1, -0.05) is 13.0 Å². The number of H-pyrrole nitrogens is 1. The molecule has 0 saturated heterocycles. The first-order valence-electron chi connectivity index (χ1n) is 7.13. The van der Waals surface area contributed by atoms with E-state index in [0.29, 0.717) is 12.2 Å². The van der Waals surface area contributed by atoms with E-state index in [9.17, 15) is 15.3 Å². The van der Waals surface area contributed by atoms with Gasteiger partial charge in [0.2, 0.25) is 0 Å². The van der Waals surface area contributed by atoms with E-state index in [-0.39, 0.29) is 22.5 Å². The highest BCUT2D eigenvalue weighted by atomic mass is 16.5. The molecule has 0 saturated carbocycles. The van der Waals surface area contributed by atoms with E-state index in [2.05, 4.69) is 4.98 Å². The summed E-state index contributed by atoms with van der Waals surface area (Å²) < 4.78 is 5.61. The summed E-state index contributed by atoms with van der Waals surface area (Å²) in [5.41, 5.74) is 6.75. The van der Waals surface area contributed by atoms with Gasteiger partial charge in [-0.25, -0.2) is 0 Å². The molecule has 0 unspecified atom stereocenters. The molecule has 2 aromatic rings. The molecule has 0 amide bonds. The Morgan fingerprint density at radius 3 is 2.52 bits per heavy atom. The second-order valence-electron chi connectivity index (χ2n) is 5.05. The van der Waals surface area contributed by atoms with Gasteiger partial charge in [-0.3, -0.25) is 4.79 Å². The number of nitriles is 2. The van der Waals surface area contributed by atoms with Crippen LogP contribution in [0, 0.1) is 29.6 Å². The van der Waals surface area contributed by atoms with Crippen molar-refractivity contribution in [2.24, 2.45) is 0 Å². The number of rotatable bonds is 4. The normalized spacial score (nSPS) is 9.91. The summed E-state index contributed by atoms with van der Waals surface area (Å²) in [6.07, 6.45) is 0.892.